The number of carbonyl (C=O) groups is 1. The number of furan rings is 1. The third kappa shape index (κ3) is 3.99. The molecule has 116 valence electrons. The lowest BCUT2D eigenvalue weighted by atomic mass is 10.1. The number of rotatable bonds is 6. The third-order valence-electron chi connectivity index (χ3n) is 3.58. The van der Waals surface area contributed by atoms with Crippen LogP contribution in [-0.4, -0.2) is 23.9 Å². The van der Waals surface area contributed by atoms with Gasteiger partial charge in [-0.3, -0.25) is 4.79 Å². The summed E-state index contributed by atoms with van der Waals surface area (Å²) in [6, 6.07) is 9.84. The second-order valence-electron chi connectivity index (χ2n) is 4.93. The summed E-state index contributed by atoms with van der Waals surface area (Å²) in [5.41, 5.74) is 6.33. The first-order chi connectivity index (χ1) is 9.67. The molecule has 1 atom stereocenters. The number of nitrogens with two attached hydrogens (primary N) is 1. The smallest absolute Gasteiger partial charge is 0.223 e. The fourth-order valence-electron chi connectivity index (χ4n) is 2.42. The van der Waals surface area contributed by atoms with Gasteiger partial charge in [-0.1, -0.05) is 18.2 Å². The van der Waals surface area contributed by atoms with Gasteiger partial charge < -0.3 is 15.1 Å². The standard InChI is InChI=1S/C16H22N2O2.ClH/c1-3-18(16(19)9-6-10-17)12(2)15-11-13-7-4-5-8-14(13)20-15;/h4-5,7-8,11-12H,3,6,9-10,17H2,1-2H3;1H. The van der Waals surface area contributed by atoms with Crippen molar-refractivity contribution in [1.29, 1.82) is 0 Å². The van der Waals surface area contributed by atoms with Gasteiger partial charge in [0.25, 0.3) is 0 Å². The molecule has 0 spiro atoms. The maximum absolute atomic E-state index is 12.2. The molecule has 1 unspecified atom stereocenters. The van der Waals surface area contributed by atoms with Crippen LogP contribution in [0.15, 0.2) is 34.7 Å². The molecule has 0 aliphatic heterocycles. The molecule has 0 fully saturated rings. The number of amides is 1. The van der Waals surface area contributed by atoms with Crippen molar-refractivity contribution in [1.82, 2.24) is 4.90 Å². The molecular formula is C16H23ClN2O2. The van der Waals surface area contributed by atoms with Crippen molar-refractivity contribution in [2.75, 3.05) is 13.1 Å². The summed E-state index contributed by atoms with van der Waals surface area (Å²) in [6.07, 6.45) is 1.22. The van der Waals surface area contributed by atoms with Crippen LogP contribution in [0.1, 0.15) is 38.5 Å². The van der Waals surface area contributed by atoms with Gasteiger partial charge in [-0.15, -0.1) is 12.4 Å². The van der Waals surface area contributed by atoms with Gasteiger partial charge in [-0.25, -0.2) is 0 Å². The first kappa shape index (κ1) is 17.5. The van der Waals surface area contributed by atoms with E-state index in [1.165, 1.54) is 0 Å². The highest BCUT2D eigenvalue weighted by molar-refractivity contribution is 5.85. The van der Waals surface area contributed by atoms with E-state index in [4.69, 9.17) is 10.2 Å². The second kappa shape index (κ2) is 8.05. The molecule has 0 aliphatic rings. The van der Waals surface area contributed by atoms with Crippen molar-refractivity contribution in [3.05, 3.63) is 36.1 Å². The average molecular weight is 311 g/mol. The van der Waals surface area contributed by atoms with Crippen molar-refractivity contribution in [3.63, 3.8) is 0 Å². The van der Waals surface area contributed by atoms with Crippen LogP contribution in [0.2, 0.25) is 0 Å². The average Bonchev–Trinajstić information content (AvgIpc) is 2.89. The lowest BCUT2D eigenvalue weighted by Gasteiger charge is -2.26. The number of hydrogen-bond acceptors (Lipinski definition) is 3. The van der Waals surface area contributed by atoms with Crippen LogP contribution in [0.5, 0.6) is 0 Å². The van der Waals surface area contributed by atoms with Crippen LogP contribution < -0.4 is 5.73 Å². The number of carbonyl (C=O) groups excluding carboxylic acids is 1. The minimum atomic E-state index is -0.0577. The largest absolute Gasteiger partial charge is 0.459 e. The van der Waals surface area contributed by atoms with Crippen LogP contribution in [0, 0.1) is 0 Å². The molecule has 0 saturated heterocycles. The van der Waals surface area contributed by atoms with Crippen LogP contribution in [0.3, 0.4) is 0 Å². The summed E-state index contributed by atoms with van der Waals surface area (Å²) in [5, 5.41) is 1.07. The van der Waals surface area contributed by atoms with Crippen molar-refractivity contribution < 1.29 is 9.21 Å². The molecule has 5 heteroatoms. The Morgan fingerprint density at radius 3 is 2.71 bits per heavy atom. The molecule has 4 nitrogen and oxygen atoms in total. The zero-order valence-corrected chi connectivity index (χ0v) is 13.4. The highest BCUT2D eigenvalue weighted by atomic mass is 35.5. The Labute approximate surface area is 131 Å². The number of nitrogens with zero attached hydrogens (tertiary/aromatic N) is 1. The van der Waals surface area contributed by atoms with Crippen LogP contribution in [-0.2, 0) is 4.79 Å². The fraction of sp³-hybridized carbons (Fsp3) is 0.438. The van der Waals surface area contributed by atoms with E-state index < -0.39 is 0 Å². The van der Waals surface area contributed by atoms with Gasteiger partial charge in [-0.05, 0) is 38.9 Å². The summed E-state index contributed by atoms with van der Waals surface area (Å²) in [4.78, 5) is 14.0. The van der Waals surface area contributed by atoms with Gasteiger partial charge in [-0.2, -0.15) is 0 Å². The molecule has 1 aromatic carbocycles. The van der Waals surface area contributed by atoms with Crippen molar-refractivity contribution >= 4 is 29.3 Å². The molecule has 2 aromatic rings. The van der Waals surface area contributed by atoms with E-state index in [1.54, 1.807) is 0 Å². The summed E-state index contributed by atoms with van der Waals surface area (Å²) in [6.45, 7) is 5.20. The van der Waals surface area contributed by atoms with Gasteiger partial charge >= 0.3 is 0 Å². The summed E-state index contributed by atoms with van der Waals surface area (Å²) in [5.74, 6) is 0.958. The highest BCUT2D eigenvalue weighted by Crippen LogP contribution is 2.27. The van der Waals surface area contributed by atoms with Crippen LogP contribution >= 0.6 is 12.4 Å². The molecular weight excluding hydrogens is 288 g/mol. The lowest BCUT2D eigenvalue weighted by molar-refractivity contribution is -0.133. The summed E-state index contributed by atoms with van der Waals surface area (Å²) < 4.78 is 5.85. The third-order valence-corrected chi connectivity index (χ3v) is 3.58. The maximum Gasteiger partial charge on any atom is 0.223 e. The van der Waals surface area contributed by atoms with E-state index in [1.807, 2.05) is 49.1 Å². The second-order valence-corrected chi connectivity index (χ2v) is 4.93. The van der Waals surface area contributed by atoms with E-state index in [0.29, 0.717) is 19.5 Å². The molecule has 1 aromatic heterocycles. The topological polar surface area (TPSA) is 59.5 Å². The van der Waals surface area contributed by atoms with Crippen molar-refractivity contribution in [2.45, 2.75) is 32.7 Å². The van der Waals surface area contributed by atoms with Gasteiger partial charge in [0, 0.05) is 18.4 Å². The quantitative estimate of drug-likeness (QED) is 0.888. The molecule has 2 rings (SSSR count). The van der Waals surface area contributed by atoms with Gasteiger partial charge in [0.2, 0.25) is 5.91 Å². The summed E-state index contributed by atoms with van der Waals surface area (Å²) >= 11 is 0. The lowest BCUT2D eigenvalue weighted by Crippen LogP contribution is -2.33. The number of para-hydroxylation sites is 1. The van der Waals surface area contributed by atoms with Crippen molar-refractivity contribution in [2.24, 2.45) is 5.73 Å². The SMILES string of the molecule is CCN(C(=O)CCCN)C(C)c1cc2ccccc2o1.Cl. The summed E-state index contributed by atoms with van der Waals surface area (Å²) in [7, 11) is 0. The van der Waals surface area contributed by atoms with E-state index in [-0.39, 0.29) is 24.4 Å². The van der Waals surface area contributed by atoms with Gasteiger partial charge in [0.15, 0.2) is 0 Å². The Kier molecular flexibility index (Phi) is 6.72. The maximum atomic E-state index is 12.2. The monoisotopic (exact) mass is 310 g/mol. The van der Waals surface area contributed by atoms with E-state index >= 15 is 0 Å². The molecule has 1 heterocycles. The number of fused-ring (bicyclic) bond motifs is 1. The Bertz CT molecular complexity index is 549. The van der Waals surface area contributed by atoms with E-state index in [9.17, 15) is 4.79 Å². The van der Waals surface area contributed by atoms with Crippen LogP contribution in [0.25, 0.3) is 11.0 Å². The van der Waals surface area contributed by atoms with E-state index in [2.05, 4.69) is 0 Å². The Balaban J connectivity index is 0.00000220. The zero-order chi connectivity index (χ0) is 14.5. The first-order valence-electron chi connectivity index (χ1n) is 7.15. The number of benzene rings is 1. The highest BCUT2D eigenvalue weighted by Gasteiger charge is 2.22. The van der Waals surface area contributed by atoms with Gasteiger partial charge in [0.1, 0.15) is 11.3 Å². The Morgan fingerprint density at radius 1 is 1.38 bits per heavy atom. The van der Waals surface area contributed by atoms with Gasteiger partial charge in [0.05, 0.1) is 6.04 Å². The molecule has 21 heavy (non-hydrogen) atoms. The van der Waals surface area contributed by atoms with E-state index in [0.717, 1.165) is 23.2 Å². The molecule has 0 saturated carbocycles. The number of hydrogen-bond donors (Lipinski definition) is 1. The zero-order valence-electron chi connectivity index (χ0n) is 12.5. The minimum Gasteiger partial charge on any atom is -0.459 e. The molecule has 1 amide bonds. The molecule has 0 aliphatic carbocycles. The Hall–Kier alpha value is -1.52. The van der Waals surface area contributed by atoms with Crippen LogP contribution in [0.4, 0.5) is 0 Å². The predicted molar refractivity (Wildman–Crippen MR) is 87.6 cm³/mol. The number of halogens is 1. The molecule has 0 radical (unpaired) electrons. The Morgan fingerprint density at radius 2 is 2.10 bits per heavy atom. The van der Waals surface area contributed by atoms with Crippen molar-refractivity contribution in [3.8, 4) is 0 Å². The first-order valence-corrected chi connectivity index (χ1v) is 7.15. The predicted octanol–water partition coefficient (Wildman–Crippen LogP) is 3.50. The normalized spacial score (nSPS) is 12.0. The minimum absolute atomic E-state index is 0. The molecule has 0 bridgehead atoms. The fourth-order valence-corrected chi connectivity index (χ4v) is 2.42. The molecule has 2 N–H and O–H groups in total.